The lowest BCUT2D eigenvalue weighted by Gasteiger charge is -2.11. The minimum absolute atomic E-state index is 0.318. The third kappa shape index (κ3) is 3.11. The molecule has 1 atom stereocenters. The van der Waals surface area contributed by atoms with Crippen LogP contribution in [-0.2, 0) is 17.0 Å². The molecule has 1 rings (SSSR count). The molecule has 2 nitrogen and oxygen atoms in total. The molecule has 0 aliphatic rings. The number of alkyl halides is 6. The van der Waals surface area contributed by atoms with Crippen LogP contribution in [-0.4, -0.2) is 9.72 Å². The summed E-state index contributed by atoms with van der Waals surface area (Å²) in [6.45, 7) is 0. The molecular weight excluding hydrogens is 272 g/mol. The Morgan fingerprint density at radius 1 is 1.06 bits per heavy atom. The summed E-state index contributed by atoms with van der Waals surface area (Å²) in [6, 6.07) is 1.18. The van der Waals surface area contributed by atoms with Gasteiger partial charge >= 0.3 is 11.7 Å². The molecule has 0 amide bonds. The Bertz CT molecular complexity index is 452. The van der Waals surface area contributed by atoms with E-state index in [-0.39, 0.29) is 0 Å². The quantitative estimate of drug-likeness (QED) is 0.633. The minimum Gasteiger partial charge on any atom is -0.398 e. The summed E-state index contributed by atoms with van der Waals surface area (Å²) >= 11 is 0. The molecule has 2 N–H and O–H groups in total. The van der Waals surface area contributed by atoms with Gasteiger partial charge in [-0.1, -0.05) is 0 Å². The van der Waals surface area contributed by atoms with Gasteiger partial charge in [-0.05, 0) is 18.2 Å². The minimum atomic E-state index is -5.06. The van der Waals surface area contributed by atoms with Crippen LogP contribution in [0.3, 0.4) is 0 Å². The number of rotatable bonds is 1. The lowest BCUT2D eigenvalue weighted by molar-refractivity contribution is -0.137. The van der Waals surface area contributed by atoms with Crippen molar-refractivity contribution in [2.75, 3.05) is 5.73 Å². The first-order valence-electron chi connectivity index (χ1n) is 3.99. The van der Waals surface area contributed by atoms with E-state index in [4.69, 9.17) is 5.73 Å². The lowest BCUT2D eigenvalue weighted by Crippen LogP contribution is -2.18. The number of hydrogen-bond acceptors (Lipinski definition) is 2. The van der Waals surface area contributed by atoms with E-state index < -0.39 is 38.6 Å². The topological polar surface area (TPSA) is 43.1 Å². The first kappa shape index (κ1) is 13.8. The van der Waals surface area contributed by atoms with Gasteiger partial charge in [0.25, 0.3) is 0 Å². The van der Waals surface area contributed by atoms with Crippen molar-refractivity contribution in [3.63, 3.8) is 0 Å². The van der Waals surface area contributed by atoms with Crippen molar-refractivity contribution < 1.29 is 30.6 Å². The van der Waals surface area contributed by atoms with Crippen LogP contribution in [0.2, 0.25) is 0 Å². The standard InChI is InChI=1S/C8H5F6NOS/c9-7(10,11)4-1-2-6(5(15)3-4)17(16)8(12,13)14/h1-3H,15H2. The molecule has 0 spiro atoms. The van der Waals surface area contributed by atoms with Crippen molar-refractivity contribution in [1.29, 1.82) is 0 Å². The third-order valence-corrected chi connectivity index (χ3v) is 2.94. The number of nitrogen functional groups attached to an aromatic ring is 1. The van der Waals surface area contributed by atoms with Crippen molar-refractivity contribution in [3.8, 4) is 0 Å². The Labute approximate surface area is 93.9 Å². The summed E-state index contributed by atoms with van der Waals surface area (Å²) in [6.07, 6.45) is -4.72. The molecular formula is C8H5F6NOS. The Kier molecular flexibility index (Phi) is 3.42. The number of nitrogens with two attached hydrogens (primary N) is 1. The molecule has 0 aliphatic heterocycles. The average Bonchev–Trinajstić information content (AvgIpc) is 2.13. The van der Waals surface area contributed by atoms with Crippen molar-refractivity contribution in [3.05, 3.63) is 23.8 Å². The van der Waals surface area contributed by atoms with E-state index in [1.165, 1.54) is 0 Å². The summed E-state index contributed by atoms with van der Waals surface area (Å²) in [4.78, 5) is -0.884. The maximum Gasteiger partial charge on any atom is 0.475 e. The van der Waals surface area contributed by atoms with E-state index in [1.54, 1.807) is 0 Å². The van der Waals surface area contributed by atoms with Crippen LogP contribution in [0.4, 0.5) is 32.0 Å². The van der Waals surface area contributed by atoms with Gasteiger partial charge < -0.3 is 5.73 Å². The maximum atomic E-state index is 12.2. The zero-order valence-corrected chi connectivity index (χ0v) is 8.71. The van der Waals surface area contributed by atoms with Crippen LogP contribution in [0.5, 0.6) is 0 Å². The molecule has 0 saturated carbocycles. The van der Waals surface area contributed by atoms with E-state index in [2.05, 4.69) is 0 Å². The Morgan fingerprint density at radius 3 is 1.94 bits per heavy atom. The normalized spacial score (nSPS) is 14.7. The van der Waals surface area contributed by atoms with Crippen LogP contribution in [0.15, 0.2) is 23.1 Å². The Morgan fingerprint density at radius 2 is 1.59 bits per heavy atom. The fourth-order valence-corrected chi connectivity index (χ4v) is 1.73. The molecule has 1 aromatic carbocycles. The molecule has 9 heteroatoms. The van der Waals surface area contributed by atoms with E-state index in [9.17, 15) is 30.6 Å². The zero-order chi connectivity index (χ0) is 13.4. The predicted octanol–water partition coefficient (Wildman–Crippen LogP) is 2.92. The van der Waals surface area contributed by atoms with Gasteiger partial charge in [-0.15, -0.1) is 0 Å². The molecule has 1 aromatic rings. The van der Waals surface area contributed by atoms with Gasteiger partial charge in [-0.2, -0.15) is 26.3 Å². The maximum absolute atomic E-state index is 12.2. The summed E-state index contributed by atoms with van der Waals surface area (Å²) in [5.74, 6) is 0. The average molecular weight is 277 g/mol. The summed E-state index contributed by atoms with van der Waals surface area (Å²) in [5, 5.41) is 0. The van der Waals surface area contributed by atoms with Crippen molar-refractivity contribution in [2.45, 2.75) is 16.6 Å². The fourth-order valence-electron chi connectivity index (χ4n) is 1.02. The van der Waals surface area contributed by atoms with E-state index in [1.807, 2.05) is 0 Å². The number of anilines is 1. The molecule has 0 bridgehead atoms. The molecule has 1 unspecified atom stereocenters. The highest BCUT2D eigenvalue weighted by molar-refractivity contribution is 7.86. The second-order valence-corrected chi connectivity index (χ2v) is 4.41. The third-order valence-electron chi connectivity index (χ3n) is 1.75. The molecule has 0 fully saturated rings. The predicted molar refractivity (Wildman–Crippen MR) is 48.3 cm³/mol. The van der Waals surface area contributed by atoms with Gasteiger partial charge in [-0.3, -0.25) is 0 Å². The van der Waals surface area contributed by atoms with Gasteiger partial charge in [-0.25, -0.2) is 4.21 Å². The second-order valence-electron chi connectivity index (χ2n) is 2.96. The molecule has 0 aliphatic carbocycles. The van der Waals surface area contributed by atoms with Crippen LogP contribution >= 0.6 is 0 Å². The zero-order valence-electron chi connectivity index (χ0n) is 7.89. The molecule has 96 valence electrons. The van der Waals surface area contributed by atoms with Crippen molar-refractivity contribution in [2.24, 2.45) is 0 Å². The van der Waals surface area contributed by atoms with Gasteiger partial charge in [0.05, 0.1) is 10.5 Å². The molecule has 0 heterocycles. The van der Waals surface area contributed by atoms with Crippen molar-refractivity contribution >= 4 is 16.5 Å². The van der Waals surface area contributed by atoms with Crippen LogP contribution in [0, 0.1) is 0 Å². The molecule has 0 radical (unpaired) electrons. The van der Waals surface area contributed by atoms with E-state index in [0.717, 1.165) is 0 Å². The summed E-state index contributed by atoms with van der Waals surface area (Å²) < 4.78 is 83.6. The lowest BCUT2D eigenvalue weighted by atomic mass is 10.2. The van der Waals surface area contributed by atoms with E-state index >= 15 is 0 Å². The number of hydrogen-bond donors (Lipinski definition) is 1. The van der Waals surface area contributed by atoms with Crippen LogP contribution in [0.25, 0.3) is 0 Å². The van der Waals surface area contributed by atoms with Gasteiger partial charge in [0.1, 0.15) is 0 Å². The van der Waals surface area contributed by atoms with Gasteiger partial charge in [0.15, 0.2) is 10.8 Å². The van der Waals surface area contributed by atoms with Crippen molar-refractivity contribution in [1.82, 2.24) is 0 Å². The smallest absolute Gasteiger partial charge is 0.398 e. The molecule has 0 aromatic heterocycles. The SMILES string of the molecule is Nc1cc(C(F)(F)F)ccc1S(=O)C(F)(F)F. The first-order chi connectivity index (χ1) is 7.53. The van der Waals surface area contributed by atoms with Gasteiger partial charge in [0, 0.05) is 5.69 Å². The summed E-state index contributed by atoms with van der Waals surface area (Å²) in [7, 11) is -3.44. The molecule has 0 saturated heterocycles. The Hall–Kier alpha value is -1.25. The highest BCUT2D eigenvalue weighted by Gasteiger charge is 2.39. The highest BCUT2D eigenvalue weighted by atomic mass is 32.2. The van der Waals surface area contributed by atoms with Crippen LogP contribution < -0.4 is 5.73 Å². The first-order valence-corrected chi connectivity index (χ1v) is 5.14. The highest BCUT2D eigenvalue weighted by Crippen LogP contribution is 2.34. The number of benzene rings is 1. The van der Waals surface area contributed by atoms with Gasteiger partial charge in [0.2, 0.25) is 0 Å². The van der Waals surface area contributed by atoms with Crippen LogP contribution in [0.1, 0.15) is 5.56 Å². The number of halogens is 6. The van der Waals surface area contributed by atoms with E-state index in [0.29, 0.717) is 18.2 Å². The fraction of sp³-hybridized carbons (Fsp3) is 0.250. The molecule has 17 heavy (non-hydrogen) atoms. The monoisotopic (exact) mass is 277 g/mol. The largest absolute Gasteiger partial charge is 0.475 e. The Balaban J connectivity index is 3.20. The second kappa shape index (κ2) is 4.21. The summed E-state index contributed by atoms with van der Waals surface area (Å²) in [5.41, 5.74) is -2.05.